The summed E-state index contributed by atoms with van der Waals surface area (Å²) in [5.74, 6) is 0. The van der Waals surface area contributed by atoms with Gasteiger partial charge in [0.05, 0.1) is 12.7 Å². The second-order valence-corrected chi connectivity index (χ2v) is 2.89. The molecule has 0 amide bonds. The van der Waals surface area contributed by atoms with Gasteiger partial charge in [-0.1, -0.05) is 0 Å². The zero-order valence-electron chi connectivity index (χ0n) is 8.72. The lowest BCUT2D eigenvalue weighted by atomic mass is 10.1. The second kappa shape index (κ2) is 8.14. The van der Waals surface area contributed by atoms with Crippen molar-refractivity contribution >= 4 is 0 Å². The van der Waals surface area contributed by atoms with Crippen molar-refractivity contribution in [3.8, 4) is 0 Å². The standard InChI is InChI=1S/C9H20O5/c1-3-13-9(14-4-2)5-7(11)8(12)6-10/h7-12H,3-6H2,1-2H3/t7-,8+/m0/s1. The maximum absolute atomic E-state index is 9.37. The average Bonchev–Trinajstić information content (AvgIpc) is 2.17. The van der Waals surface area contributed by atoms with Crippen LogP contribution in [-0.2, 0) is 9.47 Å². The Morgan fingerprint density at radius 3 is 1.86 bits per heavy atom. The van der Waals surface area contributed by atoms with Crippen molar-refractivity contribution in [2.45, 2.75) is 38.8 Å². The van der Waals surface area contributed by atoms with Gasteiger partial charge in [0.15, 0.2) is 6.29 Å². The molecule has 0 aromatic rings. The van der Waals surface area contributed by atoms with Crippen molar-refractivity contribution in [2.75, 3.05) is 19.8 Å². The number of hydrogen-bond donors (Lipinski definition) is 3. The summed E-state index contributed by atoms with van der Waals surface area (Å²) in [6.45, 7) is 4.13. The van der Waals surface area contributed by atoms with Gasteiger partial charge in [0.25, 0.3) is 0 Å². The van der Waals surface area contributed by atoms with Crippen molar-refractivity contribution in [3.63, 3.8) is 0 Å². The number of aliphatic hydroxyl groups is 3. The Morgan fingerprint density at radius 1 is 1.00 bits per heavy atom. The van der Waals surface area contributed by atoms with Crippen LogP contribution in [0, 0.1) is 0 Å². The van der Waals surface area contributed by atoms with Crippen LogP contribution in [0.15, 0.2) is 0 Å². The molecule has 5 heteroatoms. The van der Waals surface area contributed by atoms with Gasteiger partial charge in [-0.2, -0.15) is 0 Å². The van der Waals surface area contributed by atoms with E-state index < -0.39 is 25.1 Å². The topological polar surface area (TPSA) is 79.2 Å². The molecule has 0 aliphatic heterocycles. The molecule has 5 nitrogen and oxygen atoms in total. The first-order valence-corrected chi connectivity index (χ1v) is 4.85. The molecular formula is C9H20O5. The summed E-state index contributed by atoms with van der Waals surface area (Å²) in [6, 6.07) is 0. The fourth-order valence-electron chi connectivity index (χ4n) is 1.03. The van der Waals surface area contributed by atoms with Crippen molar-refractivity contribution in [3.05, 3.63) is 0 Å². The third-order valence-corrected chi connectivity index (χ3v) is 1.77. The van der Waals surface area contributed by atoms with E-state index in [4.69, 9.17) is 19.7 Å². The molecule has 0 aromatic heterocycles. The van der Waals surface area contributed by atoms with E-state index in [1.165, 1.54) is 0 Å². The molecule has 0 rings (SSSR count). The van der Waals surface area contributed by atoms with Crippen LogP contribution in [0.1, 0.15) is 20.3 Å². The molecule has 0 heterocycles. The normalized spacial score (nSPS) is 15.9. The highest BCUT2D eigenvalue weighted by Crippen LogP contribution is 2.08. The Hall–Kier alpha value is -0.200. The molecule has 0 aliphatic rings. The zero-order chi connectivity index (χ0) is 11.0. The fourth-order valence-corrected chi connectivity index (χ4v) is 1.03. The third kappa shape index (κ3) is 5.51. The van der Waals surface area contributed by atoms with Gasteiger partial charge in [-0.25, -0.2) is 0 Å². The highest BCUT2D eigenvalue weighted by Gasteiger charge is 2.20. The van der Waals surface area contributed by atoms with E-state index in [0.29, 0.717) is 13.2 Å². The van der Waals surface area contributed by atoms with E-state index in [9.17, 15) is 5.11 Å². The van der Waals surface area contributed by atoms with Gasteiger partial charge >= 0.3 is 0 Å². The van der Waals surface area contributed by atoms with Crippen molar-refractivity contribution in [1.82, 2.24) is 0 Å². The lowest BCUT2D eigenvalue weighted by Crippen LogP contribution is -2.34. The molecule has 0 spiro atoms. The summed E-state index contributed by atoms with van der Waals surface area (Å²) in [7, 11) is 0. The SMILES string of the molecule is CCOC(C[C@H](O)[C@H](O)CO)OCC. The Morgan fingerprint density at radius 2 is 1.50 bits per heavy atom. The van der Waals surface area contributed by atoms with E-state index in [1.807, 2.05) is 13.8 Å². The number of aliphatic hydroxyl groups excluding tert-OH is 3. The molecule has 0 bridgehead atoms. The average molecular weight is 208 g/mol. The molecule has 0 aromatic carbocycles. The molecule has 2 atom stereocenters. The predicted molar refractivity (Wildman–Crippen MR) is 50.8 cm³/mol. The molecule has 0 fully saturated rings. The Kier molecular flexibility index (Phi) is 8.02. The Labute approximate surface area is 84.3 Å². The van der Waals surface area contributed by atoms with Crippen LogP contribution in [-0.4, -0.2) is 53.6 Å². The summed E-state index contributed by atoms with van der Waals surface area (Å²) < 4.78 is 10.3. The minimum absolute atomic E-state index is 0.156. The minimum atomic E-state index is -1.14. The zero-order valence-corrected chi connectivity index (χ0v) is 8.72. The van der Waals surface area contributed by atoms with Crippen LogP contribution in [0.5, 0.6) is 0 Å². The molecule has 0 unspecified atom stereocenters. The second-order valence-electron chi connectivity index (χ2n) is 2.89. The molecule has 3 N–H and O–H groups in total. The van der Waals surface area contributed by atoms with Gasteiger partial charge in [0.1, 0.15) is 6.10 Å². The quantitative estimate of drug-likeness (QED) is 0.468. The number of ether oxygens (including phenoxy) is 2. The van der Waals surface area contributed by atoms with E-state index in [0.717, 1.165) is 0 Å². The van der Waals surface area contributed by atoms with Crippen LogP contribution >= 0.6 is 0 Å². The summed E-state index contributed by atoms with van der Waals surface area (Å²) in [5, 5.41) is 27.1. The molecule has 0 saturated carbocycles. The lowest BCUT2D eigenvalue weighted by molar-refractivity contribution is -0.163. The lowest BCUT2D eigenvalue weighted by Gasteiger charge is -2.22. The molecular weight excluding hydrogens is 188 g/mol. The highest BCUT2D eigenvalue weighted by molar-refractivity contribution is 4.67. The fraction of sp³-hybridized carbons (Fsp3) is 1.00. The maximum atomic E-state index is 9.37. The van der Waals surface area contributed by atoms with E-state index >= 15 is 0 Å². The first kappa shape index (κ1) is 13.8. The van der Waals surface area contributed by atoms with Gasteiger partial charge in [-0.3, -0.25) is 0 Å². The van der Waals surface area contributed by atoms with Crippen molar-refractivity contribution in [2.24, 2.45) is 0 Å². The van der Waals surface area contributed by atoms with E-state index in [-0.39, 0.29) is 6.42 Å². The van der Waals surface area contributed by atoms with Crippen molar-refractivity contribution < 1.29 is 24.8 Å². The smallest absolute Gasteiger partial charge is 0.160 e. The molecule has 0 radical (unpaired) electrons. The maximum Gasteiger partial charge on any atom is 0.160 e. The van der Waals surface area contributed by atoms with Gasteiger partial charge < -0.3 is 24.8 Å². The number of hydrogen-bond acceptors (Lipinski definition) is 5. The van der Waals surface area contributed by atoms with Gasteiger partial charge in [-0.05, 0) is 13.8 Å². The van der Waals surface area contributed by atoms with Crippen molar-refractivity contribution in [1.29, 1.82) is 0 Å². The Balaban J connectivity index is 3.87. The Bertz CT molecular complexity index is 124. The largest absolute Gasteiger partial charge is 0.394 e. The summed E-state index contributed by atoms with van der Waals surface area (Å²) >= 11 is 0. The van der Waals surface area contributed by atoms with Crippen LogP contribution in [0.3, 0.4) is 0 Å². The highest BCUT2D eigenvalue weighted by atomic mass is 16.7. The monoisotopic (exact) mass is 208 g/mol. The summed E-state index contributed by atoms with van der Waals surface area (Å²) in [6.07, 6.45) is -2.54. The van der Waals surface area contributed by atoms with Gasteiger partial charge in [0.2, 0.25) is 0 Å². The van der Waals surface area contributed by atoms with Crippen LogP contribution < -0.4 is 0 Å². The van der Waals surface area contributed by atoms with Crippen LogP contribution in [0.4, 0.5) is 0 Å². The molecule has 0 saturated heterocycles. The predicted octanol–water partition coefficient (Wildman–Crippen LogP) is -0.510. The number of rotatable bonds is 8. The molecule has 86 valence electrons. The third-order valence-electron chi connectivity index (χ3n) is 1.77. The first-order chi connectivity index (χ1) is 6.65. The van der Waals surface area contributed by atoms with Crippen LogP contribution in [0.2, 0.25) is 0 Å². The van der Waals surface area contributed by atoms with Crippen LogP contribution in [0.25, 0.3) is 0 Å². The molecule has 0 aliphatic carbocycles. The van der Waals surface area contributed by atoms with Gasteiger partial charge in [-0.15, -0.1) is 0 Å². The minimum Gasteiger partial charge on any atom is -0.394 e. The summed E-state index contributed by atoms with van der Waals surface area (Å²) in [5.41, 5.74) is 0. The summed E-state index contributed by atoms with van der Waals surface area (Å²) in [4.78, 5) is 0. The van der Waals surface area contributed by atoms with E-state index in [1.54, 1.807) is 0 Å². The molecule has 14 heavy (non-hydrogen) atoms. The first-order valence-electron chi connectivity index (χ1n) is 4.85. The van der Waals surface area contributed by atoms with E-state index in [2.05, 4.69) is 0 Å². The van der Waals surface area contributed by atoms with Gasteiger partial charge in [0, 0.05) is 19.6 Å².